The molecule has 0 amide bonds. The summed E-state index contributed by atoms with van der Waals surface area (Å²) in [5, 5.41) is 8.85. The molecule has 0 spiro atoms. The summed E-state index contributed by atoms with van der Waals surface area (Å²) in [4.78, 5) is 0. The lowest BCUT2D eigenvalue weighted by Crippen LogP contribution is -1.97. The molecule has 0 aliphatic heterocycles. The average molecular weight is 122 g/mol. The minimum Gasteiger partial charge on any atom is -0.389 e. The van der Waals surface area contributed by atoms with Crippen LogP contribution < -0.4 is 0 Å². The summed E-state index contributed by atoms with van der Waals surface area (Å²) in [6, 6.07) is 0. The highest BCUT2D eigenvalue weighted by molar-refractivity contribution is 5.09. The first-order valence-corrected chi connectivity index (χ1v) is 2.73. The topological polar surface area (TPSA) is 20.2 Å². The second kappa shape index (κ2) is 5.14. The molecule has 1 nitrogen and oxygen atoms in total. The van der Waals surface area contributed by atoms with Gasteiger partial charge in [0.25, 0.3) is 0 Å². The van der Waals surface area contributed by atoms with E-state index in [0.29, 0.717) is 6.42 Å². The van der Waals surface area contributed by atoms with Crippen LogP contribution in [0, 0.1) is 12.3 Å². The number of rotatable bonds is 3. The van der Waals surface area contributed by atoms with Crippen LogP contribution >= 0.6 is 0 Å². The smallest absolute Gasteiger partial charge is 0.0753 e. The van der Waals surface area contributed by atoms with Gasteiger partial charge in [0.05, 0.1) is 6.10 Å². The third kappa shape index (κ3) is 4.86. The summed E-state index contributed by atoms with van der Waals surface area (Å²) in [6.45, 7) is 3.40. The zero-order valence-electron chi connectivity index (χ0n) is 5.25. The van der Waals surface area contributed by atoms with Gasteiger partial charge in [-0.15, -0.1) is 13.0 Å². The van der Waals surface area contributed by atoms with Crippen LogP contribution in [0.2, 0.25) is 0 Å². The lowest BCUT2D eigenvalue weighted by molar-refractivity contribution is 0.227. The summed E-state index contributed by atoms with van der Waals surface area (Å²) in [5.41, 5.74) is 0. The third-order valence-electron chi connectivity index (χ3n) is 0.864. The van der Waals surface area contributed by atoms with E-state index in [1.165, 1.54) is 6.08 Å². The third-order valence-corrected chi connectivity index (χ3v) is 0.864. The Labute approximate surface area is 55.7 Å². The maximum absolute atomic E-state index is 8.85. The molecule has 48 valence electrons. The van der Waals surface area contributed by atoms with Gasteiger partial charge in [-0.05, 0) is 12.5 Å². The van der Waals surface area contributed by atoms with Crippen molar-refractivity contribution in [1.82, 2.24) is 0 Å². The van der Waals surface area contributed by atoms with Crippen molar-refractivity contribution in [2.45, 2.75) is 12.5 Å². The molecule has 9 heavy (non-hydrogen) atoms. The molecular formula is C8H10O. The molecule has 0 saturated heterocycles. The average Bonchev–Trinajstić information content (AvgIpc) is 1.89. The molecule has 0 heterocycles. The molecular weight excluding hydrogens is 112 g/mol. The van der Waals surface area contributed by atoms with Crippen molar-refractivity contribution in [2.75, 3.05) is 0 Å². The van der Waals surface area contributed by atoms with Crippen molar-refractivity contribution in [2.24, 2.45) is 0 Å². The van der Waals surface area contributed by atoms with Gasteiger partial charge in [0.15, 0.2) is 0 Å². The Kier molecular flexibility index (Phi) is 4.57. The number of terminal acetylenes is 1. The number of allylic oxidation sites excluding steroid dienone is 1. The maximum Gasteiger partial charge on any atom is 0.0753 e. The molecule has 0 fully saturated rings. The quantitative estimate of drug-likeness (QED) is 0.439. The highest BCUT2D eigenvalue weighted by atomic mass is 16.3. The fourth-order valence-corrected chi connectivity index (χ4v) is 0.372. The molecule has 1 heteroatoms. The van der Waals surface area contributed by atoms with Crippen LogP contribution in [0.15, 0.2) is 24.8 Å². The minimum absolute atomic E-state index is 0.463. The Morgan fingerprint density at radius 2 is 2.44 bits per heavy atom. The lowest BCUT2D eigenvalue weighted by atomic mass is 10.2. The van der Waals surface area contributed by atoms with E-state index in [1.807, 2.05) is 0 Å². The van der Waals surface area contributed by atoms with Crippen molar-refractivity contribution in [3.63, 3.8) is 0 Å². The predicted octanol–water partition coefficient (Wildman–Crippen LogP) is 1.11. The Hall–Kier alpha value is -1.00. The normalized spacial score (nSPS) is 12.9. The summed E-state index contributed by atoms with van der Waals surface area (Å²) in [6.07, 6.45) is 9.76. The zero-order chi connectivity index (χ0) is 7.11. The summed E-state index contributed by atoms with van der Waals surface area (Å²) >= 11 is 0. The maximum atomic E-state index is 8.85. The van der Waals surface area contributed by atoms with Crippen LogP contribution in [0.4, 0.5) is 0 Å². The molecule has 0 rings (SSSR count). The van der Waals surface area contributed by atoms with E-state index >= 15 is 0 Å². The molecule has 0 aromatic rings. The van der Waals surface area contributed by atoms with Gasteiger partial charge in [-0.3, -0.25) is 0 Å². The van der Waals surface area contributed by atoms with Gasteiger partial charge < -0.3 is 5.11 Å². The molecule has 1 unspecified atom stereocenters. The van der Waals surface area contributed by atoms with Gasteiger partial charge >= 0.3 is 0 Å². The molecule has 0 saturated carbocycles. The van der Waals surface area contributed by atoms with E-state index in [4.69, 9.17) is 11.5 Å². The van der Waals surface area contributed by atoms with E-state index < -0.39 is 6.10 Å². The van der Waals surface area contributed by atoms with Crippen LogP contribution in [0.1, 0.15) is 6.42 Å². The first-order valence-electron chi connectivity index (χ1n) is 2.73. The Balaban J connectivity index is 3.40. The van der Waals surface area contributed by atoms with E-state index in [-0.39, 0.29) is 0 Å². The van der Waals surface area contributed by atoms with Gasteiger partial charge in [-0.25, -0.2) is 0 Å². The number of aliphatic hydroxyl groups is 1. The standard InChI is InChI=1S/C8H10O/c1-3-5-6-7-8(9)4-2/h1,4-6,8-9H,2,7H2. The Bertz CT molecular complexity index is 139. The molecule has 0 aromatic carbocycles. The number of hydrogen-bond donors (Lipinski definition) is 1. The SMILES string of the molecule is C#CC=CCC(O)C=C. The first-order chi connectivity index (χ1) is 4.31. The summed E-state index contributed by atoms with van der Waals surface area (Å²) in [7, 11) is 0. The van der Waals surface area contributed by atoms with Gasteiger partial charge in [0, 0.05) is 0 Å². The molecule has 0 aliphatic rings. The van der Waals surface area contributed by atoms with Crippen molar-refractivity contribution >= 4 is 0 Å². The van der Waals surface area contributed by atoms with Crippen molar-refractivity contribution in [3.8, 4) is 12.3 Å². The number of hydrogen-bond acceptors (Lipinski definition) is 1. The molecule has 1 atom stereocenters. The zero-order valence-corrected chi connectivity index (χ0v) is 5.25. The fraction of sp³-hybridized carbons (Fsp3) is 0.250. The van der Waals surface area contributed by atoms with E-state index in [9.17, 15) is 0 Å². The molecule has 1 N–H and O–H groups in total. The van der Waals surface area contributed by atoms with E-state index in [1.54, 1.807) is 12.2 Å². The lowest BCUT2D eigenvalue weighted by Gasteiger charge is -1.95. The van der Waals surface area contributed by atoms with Crippen LogP contribution in [-0.2, 0) is 0 Å². The highest BCUT2D eigenvalue weighted by Crippen LogP contribution is 1.92. The van der Waals surface area contributed by atoms with Crippen LogP contribution in [0.3, 0.4) is 0 Å². The van der Waals surface area contributed by atoms with Crippen molar-refractivity contribution in [3.05, 3.63) is 24.8 Å². The molecule has 0 aromatic heterocycles. The van der Waals surface area contributed by atoms with Crippen molar-refractivity contribution < 1.29 is 5.11 Å². The second-order valence-corrected chi connectivity index (χ2v) is 1.61. The van der Waals surface area contributed by atoms with Gasteiger partial charge in [-0.1, -0.05) is 18.1 Å². The number of aliphatic hydroxyl groups excluding tert-OH is 1. The minimum atomic E-state index is -0.463. The van der Waals surface area contributed by atoms with Gasteiger partial charge in [0.1, 0.15) is 0 Å². The van der Waals surface area contributed by atoms with Gasteiger partial charge in [-0.2, -0.15) is 0 Å². The summed E-state index contributed by atoms with van der Waals surface area (Å²) in [5.74, 6) is 2.32. The van der Waals surface area contributed by atoms with Gasteiger partial charge in [0.2, 0.25) is 0 Å². The predicted molar refractivity (Wildman–Crippen MR) is 38.8 cm³/mol. The van der Waals surface area contributed by atoms with Crippen molar-refractivity contribution in [1.29, 1.82) is 0 Å². The first kappa shape index (κ1) is 8.00. The molecule has 0 radical (unpaired) electrons. The Morgan fingerprint density at radius 3 is 2.89 bits per heavy atom. The molecule has 0 aliphatic carbocycles. The van der Waals surface area contributed by atoms with Crippen LogP contribution in [0.25, 0.3) is 0 Å². The van der Waals surface area contributed by atoms with Crippen LogP contribution in [-0.4, -0.2) is 11.2 Å². The highest BCUT2D eigenvalue weighted by Gasteiger charge is 1.89. The fourth-order valence-electron chi connectivity index (χ4n) is 0.372. The van der Waals surface area contributed by atoms with E-state index in [0.717, 1.165) is 0 Å². The largest absolute Gasteiger partial charge is 0.389 e. The summed E-state index contributed by atoms with van der Waals surface area (Å²) < 4.78 is 0. The Morgan fingerprint density at radius 1 is 1.78 bits per heavy atom. The monoisotopic (exact) mass is 122 g/mol. The molecule has 0 bridgehead atoms. The van der Waals surface area contributed by atoms with Crippen LogP contribution in [0.5, 0.6) is 0 Å². The van der Waals surface area contributed by atoms with E-state index in [2.05, 4.69) is 12.5 Å². The second-order valence-electron chi connectivity index (χ2n) is 1.61.